The topological polar surface area (TPSA) is 81.2 Å². The molecule has 4 fully saturated rings. The lowest BCUT2D eigenvalue weighted by atomic mass is 9.70. The number of thioether (sulfide) groups is 1. The Balaban J connectivity index is 1.49. The van der Waals surface area contributed by atoms with Crippen molar-refractivity contribution >= 4 is 45.4 Å². The highest BCUT2D eigenvalue weighted by Gasteiger charge is 2.76. The number of hydrogen-bond acceptors (Lipinski definition) is 5. The first-order chi connectivity index (χ1) is 21.4. The number of nitrogens with zero attached hydrogens (tertiary/aromatic N) is 3. The predicted molar refractivity (Wildman–Crippen MR) is 180 cm³/mol. The molecule has 3 amide bonds. The fraction of sp³-hybridized carbons (Fsp3) is 0.629. The third-order valence-corrected chi connectivity index (χ3v) is 13.3. The van der Waals surface area contributed by atoms with Crippen LogP contribution in [0.2, 0.25) is 0 Å². The maximum atomic E-state index is 14.8. The molecule has 4 aliphatic rings. The summed E-state index contributed by atoms with van der Waals surface area (Å²) in [6.07, 6.45) is 12.9. The summed E-state index contributed by atoms with van der Waals surface area (Å²) in [7, 11) is 0. The van der Waals surface area contributed by atoms with E-state index in [2.05, 4.69) is 29.1 Å². The number of carbonyl (C=O) groups is 3. The molecular weight excluding hydrogens is 638 g/mol. The predicted octanol–water partition coefficient (Wildman–Crippen LogP) is 5.57. The zero-order chi connectivity index (χ0) is 31.3. The number of fused-ring (bicyclic) bond motifs is 1. The van der Waals surface area contributed by atoms with Crippen molar-refractivity contribution in [3.05, 3.63) is 61.2 Å². The summed E-state index contributed by atoms with van der Waals surface area (Å²) in [4.78, 5) is 49.7. The van der Waals surface area contributed by atoms with Crippen molar-refractivity contribution in [3.8, 4) is 0 Å². The lowest BCUT2D eigenvalue weighted by molar-refractivity contribution is -0.145. The summed E-state index contributed by atoms with van der Waals surface area (Å²) in [5.74, 6) is -1.09. The number of unbranched alkanes of at least 4 members (excludes halogenated alkanes) is 3. The van der Waals surface area contributed by atoms with E-state index in [4.69, 9.17) is 0 Å². The Hall–Kier alpha value is -2.10. The van der Waals surface area contributed by atoms with E-state index in [1.54, 1.807) is 17.8 Å². The summed E-state index contributed by atoms with van der Waals surface area (Å²) in [6.45, 7) is 9.87. The molecule has 9 heteroatoms. The highest BCUT2D eigenvalue weighted by molar-refractivity contribution is 9.09. The van der Waals surface area contributed by atoms with Gasteiger partial charge in [-0.2, -0.15) is 0 Å². The van der Waals surface area contributed by atoms with Crippen LogP contribution in [0.15, 0.2) is 55.6 Å². The van der Waals surface area contributed by atoms with Crippen molar-refractivity contribution in [2.75, 3.05) is 26.2 Å². The highest BCUT2D eigenvalue weighted by atomic mass is 79.9. The smallest absolute Gasteiger partial charge is 0.247 e. The number of rotatable bonds is 15. The average molecular weight is 687 g/mol. The molecule has 0 radical (unpaired) electrons. The van der Waals surface area contributed by atoms with Gasteiger partial charge in [-0.1, -0.05) is 90.5 Å². The number of likely N-dealkylation sites (tertiary alicyclic amines) is 1. The van der Waals surface area contributed by atoms with Crippen LogP contribution in [0.1, 0.15) is 69.8 Å². The molecule has 1 saturated carbocycles. The van der Waals surface area contributed by atoms with Crippen molar-refractivity contribution in [1.29, 1.82) is 0 Å². The minimum absolute atomic E-state index is 0.0243. The first-order valence-electron chi connectivity index (χ1n) is 16.5. The summed E-state index contributed by atoms with van der Waals surface area (Å²) in [5, 5.41) is 9.18. The molecule has 44 heavy (non-hydrogen) atoms. The number of alkyl halides is 1. The van der Waals surface area contributed by atoms with Gasteiger partial charge in [-0.3, -0.25) is 14.4 Å². The van der Waals surface area contributed by atoms with Gasteiger partial charge in [0.25, 0.3) is 0 Å². The zero-order valence-corrected chi connectivity index (χ0v) is 28.2. The second-order valence-corrected chi connectivity index (χ2v) is 15.6. The van der Waals surface area contributed by atoms with E-state index < -0.39 is 22.6 Å². The van der Waals surface area contributed by atoms with E-state index >= 15 is 0 Å². The first kappa shape index (κ1) is 33.3. The molecule has 3 unspecified atom stereocenters. The van der Waals surface area contributed by atoms with Gasteiger partial charge in [0.15, 0.2) is 0 Å². The Kier molecular flexibility index (Phi) is 11.3. The SMILES string of the molecule is C=CCN(Cc1ccccc1)C(=O)[C@H]1[C@H]2C(=O)N(CCCCCCO)C(C(=O)N(CC=C)C3CCCCC3)C23CC(Br)[C@@H]1S3. The quantitative estimate of drug-likeness (QED) is 0.148. The van der Waals surface area contributed by atoms with Gasteiger partial charge in [0, 0.05) is 48.9 Å². The Labute approximate surface area is 275 Å². The molecule has 1 N–H and O–H groups in total. The Bertz CT molecular complexity index is 1190. The minimum atomic E-state index is -0.654. The molecular formula is C35H48BrN3O4S. The molecule has 1 aromatic carbocycles. The van der Waals surface area contributed by atoms with Crippen LogP contribution in [0.4, 0.5) is 0 Å². The molecule has 3 saturated heterocycles. The van der Waals surface area contributed by atoms with Crippen LogP contribution in [-0.4, -0.2) is 90.7 Å². The third-order valence-electron chi connectivity index (χ3n) is 10.1. The minimum Gasteiger partial charge on any atom is -0.396 e. The van der Waals surface area contributed by atoms with Crippen molar-refractivity contribution in [2.24, 2.45) is 11.8 Å². The first-order valence-corrected chi connectivity index (χ1v) is 18.3. The fourth-order valence-electron chi connectivity index (χ4n) is 8.19. The average Bonchev–Trinajstić information content (AvgIpc) is 3.63. The van der Waals surface area contributed by atoms with Gasteiger partial charge in [0.2, 0.25) is 17.7 Å². The fourth-order valence-corrected chi connectivity index (χ4v) is 11.8. The third kappa shape index (κ3) is 6.43. The van der Waals surface area contributed by atoms with E-state index in [1.807, 2.05) is 51.1 Å². The van der Waals surface area contributed by atoms with Crippen LogP contribution >= 0.6 is 27.7 Å². The van der Waals surface area contributed by atoms with Crippen LogP contribution in [0.25, 0.3) is 0 Å². The van der Waals surface area contributed by atoms with Crippen LogP contribution in [-0.2, 0) is 20.9 Å². The van der Waals surface area contributed by atoms with Crippen LogP contribution < -0.4 is 0 Å². The summed E-state index contributed by atoms with van der Waals surface area (Å²) < 4.78 is -0.654. The van der Waals surface area contributed by atoms with Gasteiger partial charge in [-0.15, -0.1) is 24.9 Å². The van der Waals surface area contributed by atoms with E-state index in [0.717, 1.165) is 56.9 Å². The summed E-state index contributed by atoms with van der Waals surface area (Å²) in [6, 6.07) is 9.49. The number of amides is 3. The van der Waals surface area contributed by atoms with Crippen LogP contribution in [0, 0.1) is 11.8 Å². The van der Waals surface area contributed by atoms with Crippen LogP contribution in [0.5, 0.6) is 0 Å². The van der Waals surface area contributed by atoms with Gasteiger partial charge in [-0.05, 0) is 37.7 Å². The van der Waals surface area contributed by atoms with E-state index in [1.165, 1.54) is 6.42 Å². The number of benzene rings is 1. The zero-order valence-electron chi connectivity index (χ0n) is 25.8. The Morgan fingerprint density at radius 1 is 1.02 bits per heavy atom. The molecule has 3 aliphatic heterocycles. The molecule has 3 heterocycles. The standard InChI is InChI=1S/C35H48BrN3O4S/c1-3-19-37(24-25-15-9-7-10-16-25)32(41)28-29-33(42)39(21-13-5-6-14-22-40)31(35(29)23-27(36)30(28)44-35)34(43)38(20-4-2)26-17-11-8-12-18-26/h3-4,7,9-10,15-16,26-31,40H,1-2,5-6,8,11-14,17-24H2/t27?,28-,29-,30-,31?,35?/m0/s1. The van der Waals surface area contributed by atoms with Gasteiger partial charge in [0.05, 0.1) is 16.6 Å². The number of aliphatic hydroxyl groups is 1. The highest BCUT2D eigenvalue weighted by Crippen LogP contribution is 2.68. The normalized spacial score (nSPS) is 29.5. The van der Waals surface area contributed by atoms with Crippen molar-refractivity contribution in [1.82, 2.24) is 14.7 Å². The molecule has 1 aromatic rings. The van der Waals surface area contributed by atoms with Gasteiger partial charge >= 0.3 is 0 Å². The number of carbonyl (C=O) groups excluding carboxylic acids is 3. The maximum absolute atomic E-state index is 14.8. The Morgan fingerprint density at radius 3 is 2.41 bits per heavy atom. The van der Waals surface area contributed by atoms with Gasteiger partial charge in [-0.25, -0.2) is 0 Å². The van der Waals surface area contributed by atoms with Crippen molar-refractivity contribution < 1.29 is 19.5 Å². The van der Waals surface area contributed by atoms with E-state index in [-0.39, 0.29) is 40.4 Å². The monoisotopic (exact) mass is 685 g/mol. The van der Waals surface area contributed by atoms with Crippen LogP contribution in [0.3, 0.4) is 0 Å². The maximum Gasteiger partial charge on any atom is 0.247 e. The second kappa shape index (κ2) is 15.0. The number of halogens is 1. The van der Waals surface area contributed by atoms with E-state index in [0.29, 0.717) is 32.6 Å². The molecule has 5 rings (SSSR count). The molecule has 2 bridgehead atoms. The van der Waals surface area contributed by atoms with Gasteiger partial charge in [0.1, 0.15) is 6.04 Å². The van der Waals surface area contributed by atoms with Gasteiger partial charge < -0.3 is 19.8 Å². The lowest BCUT2D eigenvalue weighted by Crippen LogP contribution is -2.57. The lowest BCUT2D eigenvalue weighted by Gasteiger charge is -2.41. The Morgan fingerprint density at radius 2 is 1.73 bits per heavy atom. The summed E-state index contributed by atoms with van der Waals surface area (Å²) >= 11 is 5.65. The number of aliphatic hydroxyl groups excluding tert-OH is 1. The summed E-state index contributed by atoms with van der Waals surface area (Å²) in [5.41, 5.74) is 1.03. The molecule has 240 valence electrons. The molecule has 1 aliphatic carbocycles. The van der Waals surface area contributed by atoms with Crippen molar-refractivity contribution in [3.63, 3.8) is 0 Å². The number of hydrogen-bond donors (Lipinski definition) is 1. The van der Waals surface area contributed by atoms with Crippen molar-refractivity contribution in [2.45, 2.75) is 97.7 Å². The molecule has 0 aromatic heterocycles. The molecule has 1 spiro atoms. The largest absolute Gasteiger partial charge is 0.396 e. The van der Waals surface area contributed by atoms with E-state index in [9.17, 15) is 19.5 Å². The second-order valence-electron chi connectivity index (χ2n) is 12.9. The molecule has 6 atom stereocenters. The molecule has 7 nitrogen and oxygen atoms in total.